The number of sulfonamides is 1. The van der Waals surface area contributed by atoms with Crippen molar-refractivity contribution in [1.29, 1.82) is 0 Å². The fourth-order valence-corrected chi connectivity index (χ4v) is 5.80. The van der Waals surface area contributed by atoms with Gasteiger partial charge >= 0.3 is 0 Å². The summed E-state index contributed by atoms with van der Waals surface area (Å²) >= 11 is 0. The van der Waals surface area contributed by atoms with E-state index in [2.05, 4.69) is 36.1 Å². The molecule has 0 amide bonds. The summed E-state index contributed by atoms with van der Waals surface area (Å²) in [4.78, 5) is 2.81. The molecule has 6 heteroatoms. The van der Waals surface area contributed by atoms with Crippen LogP contribution < -0.4 is 0 Å². The van der Waals surface area contributed by atoms with E-state index in [-0.39, 0.29) is 24.1 Å². The Morgan fingerprint density at radius 1 is 1.07 bits per heavy atom. The van der Waals surface area contributed by atoms with Gasteiger partial charge in [-0.25, -0.2) is 8.42 Å². The molecule has 5 nitrogen and oxygen atoms in total. The Bertz CT molecular complexity index is 908. The third-order valence-corrected chi connectivity index (χ3v) is 8.11. The van der Waals surface area contributed by atoms with Crippen LogP contribution in [0.4, 0.5) is 0 Å². The Hall–Kier alpha value is -1.73. The maximum Gasteiger partial charge on any atom is 0.243 e. The molecule has 1 atom stereocenters. The average Bonchev–Trinajstić information content (AvgIpc) is 3.15. The van der Waals surface area contributed by atoms with Crippen LogP contribution in [-0.4, -0.2) is 61.1 Å². The van der Waals surface area contributed by atoms with Crippen molar-refractivity contribution in [3.63, 3.8) is 0 Å². The quantitative estimate of drug-likeness (QED) is 0.658. The normalized spacial score (nSPS) is 17.9. The molecule has 1 N–H and O–H groups in total. The number of aliphatic hydroxyl groups is 1. The fourth-order valence-electron chi connectivity index (χ4n) is 4.17. The number of aliphatic hydroxyl groups excluding tert-OH is 1. The highest BCUT2D eigenvalue weighted by molar-refractivity contribution is 7.89. The topological polar surface area (TPSA) is 60.9 Å². The van der Waals surface area contributed by atoms with Crippen molar-refractivity contribution in [2.45, 2.75) is 57.0 Å². The molecule has 0 unspecified atom stereocenters. The number of nitrogens with zero attached hydrogens (tertiary/aromatic N) is 2. The largest absolute Gasteiger partial charge is 0.395 e. The van der Waals surface area contributed by atoms with Gasteiger partial charge in [0.25, 0.3) is 0 Å². The minimum absolute atomic E-state index is 0.0966. The molecule has 0 aliphatic carbocycles. The molecule has 164 valence electrons. The van der Waals surface area contributed by atoms with Crippen molar-refractivity contribution >= 4 is 10.0 Å². The first kappa shape index (κ1) is 22.9. The van der Waals surface area contributed by atoms with E-state index < -0.39 is 10.0 Å². The van der Waals surface area contributed by atoms with Gasteiger partial charge in [0.2, 0.25) is 10.0 Å². The Morgan fingerprint density at radius 3 is 2.17 bits per heavy atom. The maximum atomic E-state index is 12.9. The zero-order valence-corrected chi connectivity index (χ0v) is 19.1. The molecule has 0 spiro atoms. The Labute approximate surface area is 181 Å². The van der Waals surface area contributed by atoms with Crippen LogP contribution in [0.15, 0.2) is 53.4 Å². The summed E-state index contributed by atoms with van der Waals surface area (Å²) in [5.74, 6) is 0. The number of rotatable bonds is 9. The highest BCUT2D eigenvalue weighted by atomic mass is 32.2. The molecule has 3 rings (SSSR count). The lowest BCUT2D eigenvalue weighted by molar-refractivity contribution is 0.236. The minimum Gasteiger partial charge on any atom is -0.395 e. The van der Waals surface area contributed by atoms with Crippen LogP contribution in [0.2, 0.25) is 0 Å². The fraction of sp³-hybridized carbons (Fsp3) is 0.500. The summed E-state index contributed by atoms with van der Waals surface area (Å²) in [6.07, 6.45) is 3.66. The van der Waals surface area contributed by atoms with Gasteiger partial charge in [-0.05, 0) is 75.4 Å². The van der Waals surface area contributed by atoms with Gasteiger partial charge in [-0.15, -0.1) is 0 Å². The molecule has 1 aliphatic rings. The van der Waals surface area contributed by atoms with E-state index in [1.54, 1.807) is 12.1 Å². The first-order valence-electron chi connectivity index (χ1n) is 10.9. The molecule has 2 aromatic rings. The van der Waals surface area contributed by atoms with Crippen LogP contribution in [0, 0.1) is 0 Å². The maximum absolute atomic E-state index is 12.9. The molecule has 0 saturated carbocycles. The summed E-state index contributed by atoms with van der Waals surface area (Å²) in [5, 5.41) is 9.21. The van der Waals surface area contributed by atoms with Crippen molar-refractivity contribution in [1.82, 2.24) is 9.21 Å². The predicted molar refractivity (Wildman–Crippen MR) is 122 cm³/mol. The zero-order valence-electron chi connectivity index (χ0n) is 18.3. The minimum atomic E-state index is -3.62. The highest BCUT2D eigenvalue weighted by Crippen LogP contribution is 2.25. The van der Waals surface area contributed by atoms with Gasteiger partial charge in [-0.1, -0.05) is 36.4 Å². The van der Waals surface area contributed by atoms with Crippen LogP contribution in [0.3, 0.4) is 0 Å². The molecular formula is C24H34N2O3S. The molecule has 0 aromatic heterocycles. The Morgan fingerprint density at radius 2 is 1.67 bits per heavy atom. The summed E-state index contributed by atoms with van der Waals surface area (Å²) in [6, 6.07) is 16.1. The van der Waals surface area contributed by atoms with E-state index in [0.29, 0.717) is 6.04 Å². The monoisotopic (exact) mass is 430 g/mol. The second kappa shape index (κ2) is 10.1. The molecule has 30 heavy (non-hydrogen) atoms. The number of hydrogen-bond acceptors (Lipinski definition) is 4. The number of hydrogen-bond donors (Lipinski definition) is 1. The molecule has 1 saturated heterocycles. The number of benzene rings is 2. The van der Waals surface area contributed by atoms with E-state index >= 15 is 0 Å². The average molecular weight is 431 g/mol. The van der Waals surface area contributed by atoms with Gasteiger partial charge in [0, 0.05) is 25.2 Å². The van der Waals surface area contributed by atoms with Crippen molar-refractivity contribution in [2.75, 3.05) is 26.2 Å². The van der Waals surface area contributed by atoms with Crippen molar-refractivity contribution in [2.24, 2.45) is 0 Å². The molecule has 1 fully saturated rings. The van der Waals surface area contributed by atoms with Crippen molar-refractivity contribution in [3.05, 3.63) is 54.1 Å². The van der Waals surface area contributed by atoms with Gasteiger partial charge in [0.1, 0.15) is 0 Å². The second-order valence-corrected chi connectivity index (χ2v) is 10.3. The standard InChI is InChI=1S/C24H34N2O3S/c1-19(2)26(17-18-27)30(28,29)24-12-10-23(11-13-24)22-8-6-21(7-9-22)14-16-25-15-4-5-20(25)3/h6-13,19-20,27H,4-5,14-18H2,1-3H3/t20-/m1/s1. The molecular weight excluding hydrogens is 396 g/mol. The van der Waals surface area contributed by atoms with Crippen LogP contribution in [0.25, 0.3) is 11.1 Å². The molecule has 1 aliphatic heterocycles. The zero-order chi connectivity index (χ0) is 21.7. The smallest absolute Gasteiger partial charge is 0.243 e. The van der Waals surface area contributed by atoms with Crippen LogP contribution in [0.1, 0.15) is 39.2 Å². The summed E-state index contributed by atoms with van der Waals surface area (Å²) in [7, 11) is -3.62. The Kier molecular flexibility index (Phi) is 7.69. The predicted octanol–water partition coefficient (Wildman–Crippen LogP) is 3.77. The van der Waals surface area contributed by atoms with Crippen molar-refractivity contribution in [3.8, 4) is 11.1 Å². The van der Waals surface area contributed by atoms with Crippen molar-refractivity contribution < 1.29 is 13.5 Å². The first-order valence-corrected chi connectivity index (χ1v) is 12.3. The van der Waals surface area contributed by atoms with E-state index in [0.717, 1.165) is 24.1 Å². The van der Waals surface area contributed by atoms with Gasteiger partial charge in [-0.2, -0.15) is 4.31 Å². The SMILES string of the molecule is CC(C)N(CCO)S(=O)(=O)c1ccc(-c2ccc(CCN3CCC[C@H]3C)cc2)cc1. The van der Waals surface area contributed by atoms with Gasteiger partial charge < -0.3 is 10.0 Å². The summed E-state index contributed by atoms with van der Waals surface area (Å²) in [5.41, 5.74) is 3.40. The van der Waals surface area contributed by atoms with E-state index in [1.807, 2.05) is 26.0 Å². The highest BCUT2D eigenvalue weighted by Gasteiger charge is 2.26. The lowest BCUT2D eigenvalue weighted by Crippen LogP contribution is -2.38. The van der Waals surface area contributed by atoms with Crippen LogP contribution in [-0.2, 0) is 16.4 Å². The van der Waals surface area contributed by atoms with Gasteiger partial charge in [0.05, 0.1) is 11.5 Å². The van der Waals surface area contributed by atoms with E-state index in [4.69, 9.17) is 0 Å². The third kappa shape index (κ3) is 5.30. The lowest BCUT2D eigenvalue weighted by atomic mass is 10.0. The van der Waals surface area contributed by atoms with Crippen LogP contribution in [0.5, 0.6) is 0 Å². The Balaban J connectivity index is 1.68. The van der Waals surface area contributed by atoms with Gasteiger partial charge in [0.15, 0.2) is 0 Å². The lowest BCUT2D eigenvalue weighted by Gasteiger charge is -2.25. The third-order valence-electron chi connectivity index (χ3n) is 6.02. The second-order valence-electron chi connectivity index (χ2n) is 8.43. The number of likely N-dealkylation sites (tertiary alicyclic amines) is 1. The molecule has 0 bridgehead atoms. The summed E-state index contributed by atoms with van der Waals surface area (Å²) < 4.78 is 27.1. The molecule has 2 aromatic carbocycles. The molecule has 1 heterocycles. The van der Waals surface area contributed by atoms with E-state index in [1.165, 1.54) is 29.3 Å². The summed E-state index contributed by atoms with van der Waals surface area (Å²) in [6.45, 7) is 8.15. The van der Waals surface area contributed by atoms with Gasteiger partial charge in [-0.3, -0.25) is 0 Å². The first-order chi connectivity index (χ1) is 14.3. The van der Waals surface area contributed by atoms with E-state index in [9.17, 15) is 13.5 Å². The molecule has 0 radical (unpaired) electrons. The van der Waals surface area contributed by atoms with Crippen LogP contribution >= 0.6 is 0 Å².